The van der Waals surface area contributed by atoms with E-state index < -0.39 is 73.4 Å². The fourth-order valence-electron chi connectivity index (χ4n) is 2.56. The summed E-state index contributed by atoms with van der Waals surface area (Å²) in [5, 5.41) is 34.1. The van der Waals surface area contributed by atoms with Gasteiger partial charge >= 0.3 is 5.97 Å². The standard InChI is InChI=1S/C19H27N5O8/c20-11(8-25)16(28)24-14(9-26)18(30)22-12(7-15(21)27)17(29)23-13(19(31)32)6-10-4-2-1-3-5-10/h1-5,11-14,25-26H,6-9,20H2,(H2,21,27)(H,22,30)(H,23,29)(H,24,28)(H,31,32). The molecule has 32 heavy (non-hydrogen) atoms. The van der Waals surface area contributed by atoms with Gasteiger partial charge in [-0.1, -0.05) is 30.3 Å². The second kappa shape index (κ2) is 13.0. The lowest BCUT2D eigenvalue weighted by Crippen LogP contribution is -2.59. The van der Waals surface area contributed by atoms with E-state index in [-0.39, 0.29) is 6.42 Å². The van der Waals surface area contributed by atoms with Gasteiger partial charge < -0.3 is 42.7 Å². The fraction of sp³-hybridized carbons (Fsp3) is 0.421. The van der Waals surface area contributed by atoms with E-state index in [0.717, 1.165) is 0 Å². The molecule has 4 unspecified atom stereocenters. The normalized spacial score (nSPS) is 14.3. The smallest absolute Gasteiger partial charge is 0.326 e. The van der Waals surface area contributed by atoms with Gasteiger partial charge in [0.05, 0.1) is 19.6 Å². The summed E-state index contributed by atoms with van der Waals surface area (Å²) in [6.07, 6.45) is -0.731. The molecule has 1 rings (SSSR count). The van der Waals surface area contributed by atoms with E-state index in [1.54, 1.807) is 30.3 Å². The number of primary amides is 1. The van der Waals surface area contributed by atoms with Crippen LogP contribution in [0.15, 0.2) is 30.3 Å². The number of carbonyl (C=O) groups is 5. The Morgan fingerprint density at radius 3 is 1.84 bits per heavy atom. The number of rotatable bonds is 13. The average Bonchev–Trinajstić information content (AvgIpc) is 2.75. The number of aliphatic carboxylic acids is 1. The number of aliphatic hydroxyl groups excluding tert-OH is 2. The lowest BCUT2D eigenvalue weighted by atomic mass is 10.0. The van der Waals surface area contributed by atoms with Crippen LogP contribution in [-0.4, -0.2) is 82.3 Å². The van der Waals surface area contributed by atoms with Crippen molar-refractivity contribution in [2.45, 2.75) is 37.0 Å². The molecule has 0 fully saturated rings. The van der Waals surface area contributed by atoms with Gasteiger partial charge in [-0.15, -0.1) is 0 Å². The molecule has 13 nitrogen and oxygen atoms in total. The minimum atomic E-state index is -1.57. The van der Waals surface area contributed by atoms with Crippen molar-refractivity contribution in [1.82, 2.24) is 16.0 Å². The molecule has 13 heteroatoms. The molecule has 0 bridgehead atoms. The quantitative estimate of drug-likeness (QED) is 0.145. The predicted molar refractivity (Wildman–Crippen MR) is 110 cm³/mol. The first-order valence-corrected chi connectivity index (χ1v) is 9.52. The second-order valence-electron chi connectivity index (χ2n) is 6.85. The Hall–Kier alpha value is -3.55. The number of nitrogens with one attached hydrogen (secondary N) is 3. The molecular formula is C19H27N5O8. The minimum absolute atomic E-state index is 0.0620. The van der Waals surface area contributed by atoms with Gasteiger partial charge in [-0.3, -0.25) is 19.2 Å². The molecule has 0 aliphatic rings. The Morgan fingerprint density at radius 1 is 0.812 bits per heavy atom. The first-order valence-electron chi connectivity index (χ1n) is 9.52. The molecule has 1 aromatic carbocycles. The molecule has 0 aromatic heterocycles. The average molecular weight is 453 g/mol. The third-order valence-corrected chi connectivity index (χ3v) is 4.28. The molecule has 0 aliphatic carbocycles. The Balaban J connectivity index is 2.91. The van der Waals surface area contributed by atoms with Crippen LogP contribution in [0, 0.1) is 0 Å². The SMILES string of the molecule is NC(=O)CC(NC(=O)C(CO)NC(=O)C(N)CO)C(=O)NC(Cc1ccccc1)C(=O)O. The molecule has 176 valence electrons. The van der Waals surface area contributed by atoms with Crippen LogP contribution in [0.2, 0.25) is 0 Å². The Kier molecular flexibility index (Phi) is 10.8. The van der Waals surface area contributed by atoms with Crippen LogP contribution in [0.3, 0.4) is 0 Å². The minimum Gasteiger partial charge on any atom is -0.480 e. The van der Waals surface area contributed by atoms with Gasteiger partial charge in [-0.05, 0) is 5.56 Å². The van der Waals surface area contributed by atoms with Crippen LogP contribution < -0.4 is 27.4 Å². The highest BCUT2D eigenvalue weighted by Gasteiger charge is 2.31. The van der Waals surface area contributed by atoms with Crippen molar-refractivity contribution < 1.29 is 39.3 Å². The van der Waals surface area contributed by atoms with Crippen molar-refractivity contribution >= 4 is 29.6 Å². The number of carboxylic acids is 1. The number of carbonyl (C=O) groups excluding carboxylic acids is 4. The zero-order valence-electron chi connectivity index (χ0n) is 17.1. The number of nitrogens with two attached hydrogens (primary N) is 2. The Morgan fingerprint density at radius 2 is 1.34 bits per heavy atom. The van der Waals surface area contributed by atoms with Crippen LogP contribution >= 0.6 is 0 Å². The molecule has 0 saturated carbocycles. The molecule has 0 aliphatic heterocycles. The lowest BCUT2D eigenvalue weighted by Gasteiger charge is -2.23. The highest BCUT2D eigenvalue weighted by atomic mass is 16.4. The fourth-order valence-corrected chi connectivity index (χ4v) is 2.56. The highest BCUT2D eigenvalue weighted by molar-refractivity contribution is 5.96. The van der Waals surface area contributed by atoms with Gasteiger partial charge in [0.25, 0.3) is 0 Å². The number of aliphatic hydroxyl groups is 2. The van der Waals surface area contributed by atoms with Crippen LogP contribution in [0.5, 0.6) is 0 Å². The summed E-state index contributed by atoms with van der Waals surface area (Å²) in [7, 11) is 0. The van der Waals surface area contributed by atoms with Gasteiger partial charge in [0.2, 0.25) is 23.6 Å². The number of hydrogen-bond acceptors (Lipinski definition) is 8. The van der Waals surface area contributed by atoms with Gasteiger partial charge in [0.15, 0.2) is 0 Å². The summed E-state index contributed by atoms with van der Waals surface area (Å²) < 4.78 is 0. The highest BCUT2D eigenvalue weighted by Crippen LogP contribution is 2.05. The van der Waals surface area contributed by atoms with E-state index in [1.807, 2.05) is 0 Å². The molecule has 0 spiro atoms. The molecule has 1 aromatic rings. The third kappa shape index (κ3) is 8.67. The molecule has 0 radical (unpaired) electrons. The first-order chi connectivity index (χ1) is 15.1. The zero-order valence-corrected chi connectivity index (χ0v) is 17.1. The van der Waals surface area contributed by atoms with Crippen molar-refractivity contribution in [2.75, 3.05) is 13.2 Å². The van der Waals surface area contributed by atoms with E-state index in [1.165, 1.54) is 0 Å². The Labute approximate surface area is 183 Å². The van der Waals surface area contributed by atoms with E-state index in [9.17, 15) is 34.2 Å². The lowest BCUT2D eigenvalue weighted by molar-refractivity contribution is -0.142. The number of hydrogen-bond donors (Lipinski definition) is 8. The molecule has 0 heterocycles. The third-order valence-electron chi connectivity index (χ3n) is 4.28. The van der Waals surface area contributed by atoms with E-state index in [2.05, 4.69) is 16.0 Å². The molecule has 4 atom stereocenters. The van der Waals surface area contributed by atoms with Crippen molar-refractivity contribution in [3.8, 4) is 0 Å². The molecule has 10 N–H and O–H groups in total. The topological polar surface area (TPSA) is 234 Å². The van der Waals surface area contributed by atoms with Crippen molar-refractivity contribution in [3.05, 3.63) is 35.9 Å². The van der Waals surface area contributed by atoms with Gasteiger partial charge in [-0.2, -0.15) is 0 Å². The number of amides is 4. The maximum Gasteiger partial charge on any atom is 0.326 e. The summed E-state index contributed by atoms with van der Waals surface area (Å²) in [5.41, 5.74) is 11.1. The maximum atomic E-state index is 12.6. The van der Waals surface area contributed by atoms with Crippen LogP contribution in [0.4, 0.5) is 0 Å². The number of carboxylic acid groups (broad SMARTS) is 1. The summed E-state index contributed by atoms with van der Waals surface area (Å²) >= 11 is 0. The maximum absolute atomic E-state index is 12.6. The summed E-state index contributed by atoms with van der Waals surface area (Å²) in [6.45, 7) is -1.59. The zero-order chi connectivity index (χ0) is 24.3. The summed E-state index contributed by atoms with van der Waals surface area (Å²) in [6, 6.07) is 2.60. The van der Waals surface area contributed by atoms with Gasteiger partial charge in [0.1, 0.15) is 24.2 Å². The summed E-state index contributed by atoms with van der Waals surface area (Å²) in [4.78, 5) is 59.7. The molecule has 4 amide bonds. The largest absolute Gasteiger partial charge is 0.480 e. The van der Waals surface area contributed by atoms with E-state index >= 15 is 0 Å². The molecule has 0 saturated heterocycles. The number of benzene rings is 1. The monoisotopic (exact) mass is 453 g/mol. The van der Waals surface area contributed by atoms with Crippen LogP contribution in [0.25, 0.3) is 0 Å². The van der Waals surface area contributed by atoms with Crippen molar-refractivity contribution in [1.29, 1.82) is 0 Å². The van der Waals surface area contributed by atoms with E-state index in [0.29, 0.717) is 5.56 Å². The van der Waals surface area contributed by atoms with Gasteiger partial charge in [0, 0.05) is 6.42 Å². The van der Waals surface area contributed by atoms with Crippen molar-refractivity contribution in [2.24, 2.45) is 11.5 Å². The second-order valence-corrected chi connectivity index (χ2v) is 6.85. The van der Waals surface area contributed by atoms with Crippen molar-refractivity contribution in [3.63, 3.8) is 0 Å². The molecular weight excluding hydrogens is 426 g/mol. The van der Waals surface area contributed by atoms with E-state index in [4.69, 9.17) is 16.6 Å². The van der Waals surface area contributed by atoms with Crippen LogP contribution in [0.1, 0.15) is 12.0 Å². The van der Waals surface area contributed by atoms with Gasteiger partial charge in [-0.25, -0.2) is 4.79 Å². The Bertz CT molecular complexity index is 819. The summed E-state index contributed by atoms with van der Waals surface area (Å²) in [5.74, 6) is -5.30. The van der Waals surface area contributed by atoms with Crippen LogP contribution in [-0.2, 0) is 30.4 Å². The first kappa shape index (κ1) is 26.5. The predicted octanol–water partition coefficient (Wildman–Crippen LogP) is -4.04.